The molecular formula is C14H16N2O3S. The fourth-order valence-corrected chi connectivity index (χ4v) is 3.21. The van der Waals surface area contributed by atoms with E-state index in [1.807, 2.05) is 24.3 Å². The van der Waals surface area contributed by atoms with Gasteiger partial charge in [-0.2, -0.15) is 0 Å². The fraction of sp³-hybridized carbons (Fsp3) is 0.357. The summed E-state index contributed by atoms with van der Waals surface area (Å²) in [5.74, 6) is -0.155. The van der Waals surface area contributed by atoms with Crippen molar-refractivity contribution >= 4 is 33.0 Å². The minimum atomic E-state index is -0.155. The van der Waals surface area contributed by atoms with Crippen LogP contribution in [0.2, 0.25) is 0 Å². The van der Waals surface area contributed by atoms with Crippen LogP contribution in [0.1, 0.15) is 9.67 Å². The Labute approximate surface area is 120 Å². The summed E-state index contributed by atoms with van der Waals surface area (Å²) in [6.07, 6.45) is -0.0803. The summed E-state index contributed by atoms with van der Waals surface area (Å²) < 4.78 is 11.8. The Bertz CT molecular complexity index is 620. The summed E-state index contributed by atoms with van der Waals surface area (Å²) in [4.78, 5) is 12.8. The number of amides is 1. The van der Waals surface area contributed by atoms with Crippen LogP contribution in [0.3, 0.4) is 0 Å². The molecular weight excluding hydrogens is 276 g/mol. The number of thiophene rings is 1. The number of carbonyl (C=O) groups excluding carboxylic acids is 1. The largest absolute Gasteiger partial charge is 0.397 e. The van der Waals surface area contributed by atoms with Crippen molar-refractivity contribution in [2.75, 3.05) is 32.1 Å². The Balaban J connectivity index is 1.70. The maximum absolute atomic E-state index is 12.2. The number of benzene rings is 1. The van der Waals surface area contributed by atoms with Gasteiger partial charge in [-0.1, -0.05) is 18.2 Å². The van der Waals surface area contributed by atoms with Gasteiger partial charge in [0, 0.05) is 16.6 Å². The maximum atomic E-state index is 12.2. The van der Waals surface area contributed by atoms with Gasteiger partial charge in [0.25, 0.3) is 5.91 Å². The van der Waals surface area contributed by atoms with Crippen molar-refractivity contribution < 1.29 is 14.3 Å². The van der Waals surface area contributed by atoms with Crippen LogP contribution in [-0.4, -0.2) is 38.4 Å². The highest BCUT2D eigenvalue weighted by Crippen LogP contribution is 2.33. The van der Waals surface area contributed by atoms with Crippen molar-refractivity contribution in [3.63, 3.8) is 0 Å². The van der Waals surface area contributed by atoms with Gasteiger partial charge in [0.1, 0.15) is 4.88 Å². The lowest BCUT2D eigenvalue weighted by Crippen LogP contribution is -2.39. The van der Waals surface area contributed by atoms with Crippen LogP contribution in [0, 0.1) is 0 Å². The van der Waals surface area contributed by atoms with E-state index in [2.05, 4.69) is 5.32 Å². The molecule has 1 aromatic heterocycles. The molecule has 0 bridgehead atoms. The van der Waals surface area contributed by atoms with Gasteiger partial charge >= 0.3 is 0 Å². The minimum Gasteiger partial charge on any atom is -0.397 e. The van der Waals surface area contributed by atoms with Crippen molar-refractivity contribution in [3.8, 4) is 0 Å². The molecule has 5 nitrogen and oxygen atoms in total. The zero-order chi connectivity index (χ0) is 13.9. The third kappa shape index (κ3) is 2.63. The molecule has 106 valence electrons. The number of hydrogen-bond acceptors (Lipinski definition) is 5. The minimum absolute atomic E-state index is 0.0803. The second-order valence-corrected chi connectivity index (χ2v) is 5.67. The summed E-state index contributed by atoms with van der Waals surface area (Å²) in [5, 5.41) is 3.79. The van der Waals surface area contributed by atoms with Gasteiger partial charge in [0.05, 0.1) is 31.6 Å². The van der Waals surface area contributed by atoms with Crippen LogP contribution < -0.4 is 11.1 Å². The van der Waals surface area contributed by atoms with Gasteiger partial charge in [0.2, 0.25) is 0 Å². The molecule has 0 saturated carbocycles. The normalized spacial score (nSPS) is 19.1. The zero-order valence-electron chi connectivity index (χ0n) is 10.9. The number of hydrogen-bond donors (Lipinski definition) is 2. The monoisotopic (exact) mass is 292 g/mol. The zero-order valence-corrected chi connectivity index (χ0v) is 11.7. The number of nitrogens with two attached hydrogens (primary N) is 1. The third-order valence-electron chi connectivity index (χ3n) is 3.22. The van der Waals surface area contributed by atoms with Crippen molar-refractivity contribution in [1.82, 2.24) is 5.32 Å². The van der Waals surface area contributed by atoms with Crippen LogP contribution in [0.25, 0.3) is 10.1 Å². The molecule has 6 heteroatoms. The lowest BCUT2D eigenvalue weighted by atomic mass is 10.2. The van der Waals surface area contributed by atoms with E-state index in [0.717, 1.165) is 10.1 Å². The highest BCUT2D eigenvalue weighted by Gasteiger charge is 2.19. The van der Waals surface area contributed by atoms with E-state index in [-0.39, 0.29) is 12.0 Å². The Morgan fingerprint density at radius 3 is 3.00 bits per heavy atom. The van der Waals surface area contributed by atoms with E-state index in [1.165, 1.54) is 11.3 Å². The number of rotatable bonds is 3. The topological polar surface area (TPSA) is 73.6 Å². The Hall–Kier alpha value is -1.63. The lowest BCUT2D eigenvalue weighted by molar-refractivity contribution is -0.0855. The van der Waals surface area contributed by atoms with Gasteiger partial charge in [-0.25, -0.2) is 0 Å². The average Bonchev–Trinajstić information content (AvgIpc) is 2.84. The summed E-state index contributed by atoms with van der Waals surface area (Å²) in [7, 11) is 0. The van der Waals surface area contributed by atoms with E-state index >= 15 is 0 Å². The SMILES string of the molecule is Nc1c(C(=O)NCC2COCCO2)sc2ccccc12. The first-order chi connectivity index (χ1) is 9.75. The van der Waals surface area contributed by atoms with Gasteiger partial charge in [-0.05, 0) is 6.07 Å². The van der Waals surface area contributed by atoms with Crippen LogP contribution >= 0.6 is 11.3 Å². The first-order valence-electron chi connectivity index (χ1n) is 6.50. The number of nitrogen functional groups attached to an aromatic ring is 1. The molecule has 1 aliphatic rings. The number of nitrogens with one attached hydrogen (secondary N) is 1. The van der Waals surface area contributed by atoms with E-state index in [4.69, 9.17) is 15.2 Å². The number of anilines is 1. The Morgan fingerprint density at radius 1 is 1.40 bits per heavy atom. The summed E-state index contributed by atoms with van der Waals surface area (Å²) in [5.41, 5.74) is 6.59. The van der Waals surface area contributed by atoms with E-state index in [1.54, 1.807) is 0 Å². The molecule has 2 aromatic rings. The predicted molar refractivity (Wildman–Crippen MR) is 79.1 cm³/mol. The van der Waals surface area contributed by atoms with Crippen LogP contribution in [-0.2, 0) is 9.47 Å². The van der Waals surface area contributed by atoms with Crippen molar-refractivity contribution in [2.24, 2.45) is 0 Å². The second kappa shape index (κ2) is 5.78. The lowest BCUT2D eigenvalue weighted by Gasteiger charge is -2.22. The summed E-state index contributed by atoms with van der Waals surface area (Å²) in [6.45, 7) is 2.15. The molecule has 1 saturated heterocycles. The molecule has 1 aromatic carbocycles. The molecule has 2 heterocycles. The Kier molecular flexibility index (Phi) is 3.86. The highest BCUT2D eigenvalue weighted by molar-refractivity contribution is 7.21. The van der Waals surface area contributed by atoms with Crippen LogP contribution in [0.5, 0.6) is 0 Å². The molecule has 20 heavy (non-hydrogen) atoms. The molecule has 1 atom stereocenters. The first-order valence-corrected chi connectivity index (χ1v) is 7.32. The fourth-order valence-electron chi connectivity index (χ4n) is 2.18. The second-order valence-electron chi connectivity index (χ2n) is 4.62. The van der Waals surface area contributed by atoms with Gasteiger partial charge in [-0.15, -0.1) is 11.3 Å². The number of carbonyl (C=O) groups is 1. The molecule has 0 aliphatic carbocycles. The smallest absolute Gasteiger partial charge is 0.263 e. The average molecular weight is 292 g/mol. The molecule has 1 fully saturated rings. The molecule has 3 rings (SSSR count). The van der Waals surface area contributed by atoms with Crippen LogP contribution in [0.4, 0.5) is 5.69 Å². The van der Waals surface area contributed by atoms with Crippen molar-refractivity contribution in [3.05, 3.63) is 29.1 Å². The molecule has 3 N–H and O–H groups in total. The standard InChI is InChI=1S/C14H16N2O3S/c15-12-10-3-1-2-4-11(10)20-13(12)14(17)16-7-9-8-18-5-6-19-9/h1-4,9H,5-8,15H2,(H,16,17). The predicted octanol–water partition coefficient (Wildman–Crippen LogP) is 1.63. The van der Waals surface area contributed by atoms with Gasteiger partial charge in [0.15, 0.2) is 0 Å². The third-order valence-corrected chi connectivity index (χ3v) is 4.40. The highest BCUT2D eigenvalue weighted by atomic mass is 32.1. The van der Waals surface area contributed by atoms with Crippen molar-refractivity contribution in [2.45, 2.75) is 6.10 Å². The molecule has 0 radical (unpaired) electrons. The van der Waals surface area contributed by atoms with E-state index in [9.17, 15) is 4.79 Å². The molecule has 1 amide bonds. The molecule has 0 spiro atoms. The maximum Gasteiger partial charge on any atom is 0.263 e. The summed E-state index contributed by atoms with van der Waals surface area (Å²) in [6, 6.07) is 7.74. The quantitative estimate of drug-likeness (QED) is 0.901. The van der Waals surface area contributed by atoms with E-state index in [0.29, 0.717) is 36.9 Å². The number of ether oxygens (including phenoxy) is 2. The van der Waals surface area contributed by atoms with Gasteiger partial charge in [-0.3, -0.25) is 4.79 Å². The Morgan fingerprint density at radius 2 is 2.25 bits per heavy atom. The van der Waals surface area contributed by atoms with Crippen LogP contribution in [0.15, 0.2) is 24.3 Å². The summed E-state index contributed by atoms with van der Waals surface area (Å²) >= 11 is 1.41. The van der Waals surface area contributed by atoms with E-state index < -0.39 is 0 Å². The first kappa shape index (κ1) is 13.4. The molecule has 1 aliphatic heterocycles. The molecule has 1 unspecified atom stereocenters. The number of fused-ring (bicyclic) bond motifs is 1. The van der Waals surface area contributed by atoms with Gasteiger partial charge < -0.3 is 20.5 Å². The van der Waals surface area contributed by atoms with Crippen molar-refractivity contribution in [1.29, 1.82) is 0 Å².